The summed E-state index contributed by atoms with van der Waals surface area (Å²) in [4.78, 5) is 0. The zero-order valence-corrected chi connectivity index (χ0v) is 8.83. The van der Waals surface area contributed by atoms with E-state index in [1.54, 1.807) is 7.11 Å². The molecule has 1 aromatic carbocycles. The van der Waals surface area contributed by atoms with Crippen molar-refractivity contribution in [2.75, 3.05) is 13.7 Å². The van der Waals surface area contributed by atoms with Crippen molar-refractivity contribution in [1.82, 2.24) is 0 Å². The van der Waals surface area contributed by atoms with Crippen molar-refractivity contribution in [1.29, 1.82) is 0 Å². The summed E-state index contributed by atoms with van der Waals surface area (Å²) in [7, 11) is 1.64. The van der Waals surface area contributed by atoms with Gasteiger partial charge in [0.1, 0.15) is 0 Å². The molecular weight excluding hydrogens is 164 g/mol. The summed E-state index contributed by atoms with van der Waals surface area (Å²) in [5.74, 6) is 1.59. The monoisotopic (exact) mass is 182 g/mol. The molecule has 0 amide bonds. The van der Waals surface area contributed by atoms with Crippen molar-refractivity contribution >= 4 is 0 Å². The molecule has 0 saturated heterocycles. The second-order valence-corrected chi connectivity index (χ2v) is 2.08. The van der Waals surface area contributed by atoms with Gasteiger partial charge >= 0.3 is 0 Å². The predicted molar refractivity (Wildman–Crippen MR) is 55.5 cm³/mol. The number of hydrogen-bond acceptors (Lipinski definition) is 2. The fourth-order valence-electron chi connectivity index (χ4n) is 0.894. The molecule has 0 fully saturated rings. The first kappa shape index (κ1) is 11.8. The van der Waals surface area contributed by atoms with Gasteiger partial charge in [0.2, 0.25) is 0 Å². The van der Waals surface area contributed by atoms with E-state index >= 15 is 0 Å². The highest BCUT2D eigenvalue weighted by molar-refractivity contribution is 5.39. The maximum absolute atomic E-state index is 5.30. The van der Waals surface area contributed by atoms with E-state index < -0.39 is 0 Å². The maximum Gasteiger partial charge on any atom is 0.161 e. The minimum Gasteiger partial charge on any atom is -0.493 e. The minimum absolute atomic E-state index is 0.667. The van der Waals surface area contributed by atoms with Gasteiger partial charge in [-0.25, -0.2) is 0 Å². The van der Waals surface area contributed by atoms with Crippen molar-refractivity contribution in [3.8, 4) is 11.5 Å². The Hall–Kier alpha value is -1.18. The summed E-state index contributed by atoms with van der Waals surface area (Å²) in [6.07, 6.45) is 0. The molecule has 0 heterocycles. The van der Waals surface area contributed by atoms with Crippen LogP contribution in [0.25, 0.3) is 0 Å². The lowest BCUT2D eigenvalue weighted by Crippen LogP contribution is -1.94. The number of hydrogen-bond donors (Lipinski definition) is 0. The van der Waals surface area contributed by atoms with Crippen LogP contribution in [-0.2, 0) is 0 Å². The Morgan fingerprint density at radius 3 is 2.08 bits per heavy atom. The molecule has 0 atom stereocenters. The standard InChI is InChI=1S/C9H12O2.C2H6/c1-3-11-9-7-5-4-6-8(9)10-2;1-2/h4-7H,3H2,1-2H3;1-2H3. The number of ether oxygens (including phenoxy) is 2. The van der Waals surface area contributed by atoms with Crippen LogP contribution in [-0.4, -0.2) is 13.7 Å². The SMILES string of the molecule is CC.CCOc1ccccc1OC. The van der Waals surface area contributed by atoms with Gasteiger partial charge in [-0.1, -0.05) is 26.0 Å². The van der Waals surface area contributed by atoms with Crippen LogP contribution in [0.1, 0.15) is 20.8 Å². The topological polar surface area (TPSA) is 18.5 Å². The third-order valence-electron chi connectivity index (χ3n) is 1.37. The quantitative estimate of drug-likeness (QED) is 0.715. The smallest absolute Gasteiger partial charge is 0.161 e. The molecular formula is C11H18O2. The van der Waals surface area contributed by atoms with Crippen molar-refractivity contribution in [3.05, 3.63) is 24.3 Å². The Labute approximate surface area is 80.5 Å². The number of benzene rings is 1. The van der Waals surface area contributed by atoms with E-state index in [0.717, 1.165) is 11.5 Å². The average molecular weight is 182 g/mol. The second kappa shape index (κ2) is 7.47. The summed E-state index contributed by atoms with van der Waals surface area (Å²) in [6, 6.07) is 7.61. The van der Waals surface area contributed by atoms with Crippen LogP contribution in [0.2, 0.25) is 0 Å². The van der Waals surface area contributed by atoms with Gasteiger partial charge in [-0.15, -0.1) is 0 Å². The summed E-state index contributed by atoms with van der Waals surface area (Å²) in [6.45, 7) is 6.62. The van der Waals surface area contributed by atoms with E-state index in [4.69, 9.17) is 9.47 Å². The molecule has 0 aliphatic heterocycles. The average Bonchev–Trinajstić information content (AvgIpc) is 2.22. The number of methoxy groups -OCH3 is 1. The molecule has 2 heteroatoms. The summed E-state index contributed by atoms with van der Waals surface area (Å²) < 4.78 is 10.4. The van der Waals surface area contributed by atoms with E-state index in [2.05, 4.69) is 0 Å². The molecule has 0 N–H and O–H groups in total. The summed E-state index contributed by atoms with van der Waals surface area (Å²) in [5, 5.41) is 0. The maximum atomic E-state index is 5.30. The first-order chi connectivity index (χ1) is 6.38. The number of rotatable bonds is 3. The Morgan fingerprint density at radius 2 is 1.62 bits per heavy atom. The molecule has 0 bridgehead atoms. The highest BCUT2D eigenvalue weighted by Gasteiger charge is 1.99. The molecule has 1 rings (SSSR count). The molecule has 13 heavy (non-hydrogen) atoms. The predicted octanol–water partition coefficient (Wildman–Crippen LogP) is 3.12. The second-order valence-electron chi connectivity index (χ2n) is 2.08. The lowest BCUT2D eigenvalue weighted by atomic mass is 10.3. The molecule has 0 saturated carbocycles. The van der Waals surface area contributed by atoms with E-state index in [9.17, 15) is 0 Å². The number of para-hydroxylation sites is 2. The van der Waals surface area contributed by atoms with E-state index in [-0.39, 0.29) is 0 Å². The summed E-state index contributed by atoms with van der Waals surface area (Å²) >= 11 is 0. The Kier molecular flexibility index (Phi) is 6.79. The van der Waals surface area contributed by atoms with Crippen LogP contribution in [0.15, 0.2) is 24.3 Å². The minimum atomic E-state index is 0.667. The van der Waals surface area contributed by atoms with Crippen molar-refractivity contribution < 1.29 is 9.47 Å². The zero-order chi connectivity index (χ0) is 10.1. The Bertz CT molecular complexity index is 221. The van der Waals surface area contributed by atoms with Gasteiger partial charge in [0, 0.05) is 0 Å². The van der Waals surface area contributed by atoms with Gasteiger partial charge in [-0.3, -0.25) is 0 Å². The third-order valence-corrected chi connectivity index (χ3v) is 1.37. The van der Waals surface area contributed by atoms with Crippen LogP contribution >= 0.6 is 0 Å². The van der Waals surface area contributed by atoms with Crippen molar-refractivity contribution in [2.24, 2.45) is 0 Å². The first-order valence-electron chi connectivity index (χ1n) is 4.64. The highest BCUT2D eigenvalue weighted by Crippen LogP contribution is 2.25. The van der Waals surface area contributed by atoms with Gasteiger partial charge in [0.25, 0.3) is 0 Å². The lowest BCUT2D eigenvalue weighted by molar-refractivity contribution is 0.311. The van der Waals surface area contributed by atoms with Crippen LogP contribution in [0.5, 0.6) is 11.5 Å². The van der Waals surface area contributed by atoms with E-state index in [0.29, 0.717) is 6.61 Å². The molecule has 0 spiro atoms. The fraction of sp³-hybridized carbons (Fsp3) is 0.455. The normalized spacial score (nSPS) is 8.31. The molecule has 0 aliphatic carbocycles. The first-order valence-corrected chi connectivity index (χ1v) is 4.64. The van der Waals surface area contributed by atoms with Gasteiger partial charge in [0.15, 0.2) is 11.5 Å². The van der Waals surface area contributed by atoms with E-state index in [1.165, 1.54) is 0 Å². The molecule has 0 unspecified atom stereocenters. The van der Waals surface area contributed by atoms with Gasteiger partial charge < -0.3 is 9.47 Å². The molecule has 2 nitrogen and oxygen atoms in total. The third kappa shape index (κ3) is 3.83. The summed E-state index contributed by atoms with van der Waals surface area (Å²) in [5.41, 5.74) is 0. The fourth-order valence-corrected chi connectivity index (χ4v) is 0.894. The Balaban J connectivity index is 0.000000671. The van der Waals surface area contributed by atoms with Gasteiger partial charge in [-0.05, 0) is 19.1 Å². The lowest BCUT2D eigenvalue weighted by Gasteiger charge is -2.07. The molecule has 0 aromatic heterocycles. The molecule has 74 valence electrons. The molecule has 0 radical (unpaired) electrons. The van der Waals surface area contributed by atoms with Crippen LogP contribution < -0.4 is 9.47 Å². The van der Waals surface area contributed by atoms with E-state index in [1.807, 2.05) is 45.0 Å². The van der Waals surface area contributed by atoms with Crippen LogP contribution in [0.3, 0.4) is 0 Å². The van der Waals surface area contributed by atoms with Gasteiger partial charge in [-0.2, -0.15) is 0 Å². The Morgan fingerprint density at radius 1 is 1.08 bits per heavy atom. The molecule has 0 aliphatic rings. The van der Waals surface area contributed by atoms with Crippen molar-refractivity contribution in [3.63, 3.8) is 0 Å². The highest BCUT2D eigenvalue weighted by atomic mass is 16.5. The zero-order valence-electron chi connectivity index (χ0n) is 8.83. The van der Waals surface area contributed by atoms with Gasteiger partial charge in [0.05, 0.1) is 13.7 Å². The van der Waals surface area contributed by atoms with Crippen LogP contribution in [0.4, 0.5) is 0 Å². The van der Waals surface area contributed by atoms with Crippen LogP contribution in [0, 0.1) is 0 Å². The van der Waals surface area contributed by atoms with Crippen molar-refractivity contribution in [2.45, 2.75) is 20.8 Å². The largest absolute Gasteiger partial charge is 0.493 e. The molecule has 1 aromatic rings.